The van der Waals surface area contributed by atoms with Gasteiger partial charge in [-0.2, -0.15) is 0 Å². The first kappa shape index (κ1) is 15.8. The van der Waals surface area contributed by atoms with E-state index in [9.17, 15) is 4.79 Å². The van der Waals surface area contributed by atoms with E-state index in [1.807, 2.05) is 0 Å². The summed E-state index contributed by atoms with van der Waals surface area (Å²) < 4.78 is 2.29. The van der Waals surface area contributed by atoms with Crippen molar-refractivity contribution in [3.05, 3.63) is 34.0 Å². The van der Waals surface area contributed by atoms with E-state index >= 15 is 0 Å². The van der Waals surface area contributed by atoms with Crippen molar-refractivity contribution < 1.29 is 4.79 Å². The second kappa shape index (κ2) is 7.05. The number of likely N-dealkylation sites (tertiary alicyclic amines) is 1. The molecule has 2 aromatic rings. The summed E-state index contributed by atoms with van der Waals surface area (Å²) in [5, 5.41) is 11.0. The fourth-order valence-corrected chi connectivity index (χ4v) is 4.63. The zero-order chi connectivity index (χ0) is 16.4. The van der Waals surface area contributed by atoms with Gasteiger partial charge in [-0.15, -0.1) is 21.5 Å². The molecule has 4 rings (SSSR count). The Kier molecular flexibility index (Phi) is 4.65. The molecule has 0 aromatic carbocycles. The molecular formula is C18H24N4OS. The quantitative estimate of drug-likeness (QED) is 0.854. The molecule has 6 heteroatoms. The van der Waals surface area contributed by atoms with Crippen molar-refractivity contribution in [1.82, 2.24) is 19.7 Å². The van der Waals surface area contributed by atoms with E-state index in [1.54, 1.807) is 11.3 Å². The lowest BCUT2D eigenvalue weighted by Gasteiger charge is -2.24. The maximum atomic E-state index is 12.8. The number of aromatic nitrogens is 3. The van der Waals surface area contributed by atoms with Crippen LogP contribution in [0.2, 0.25) is 0 Å². The molecule has 1 unspecified atom stereocenters. The van der Waals surface area contributed by atoms with Crippen LogP contribution >= 0.6 is 11.3 Å². The standard InChI is InChI=1S/C18H24N4OS/c23-17(10-9-14-6-5-13-24-14)21-12-4-7-15(21)18-20-19-16-8-2-1-3-11-22(16)18/h5-6,13,15H,1-4,7-12H2. The fraction of sp³-hybridized carbons (Fsp3) is 0.611. The Morgan fingerprint density at radius 2 is 2.17 bits per heavy atom. The van der Waals surface area contributed by atoms with Crippen molar-refractivity contribution >= 4 is 17.2 Å². The topological polar surface area (TPSA) is 51.0 Å². The second-order valence-electron chi connectivity index (χ2n) is 6.76. The molecular weight excluding hydrogens is 320 g/mol. The Hall–Kier alpha value is -1.69. The molecule has 1 fully saturated rings. The van der Waals surface area contributed by atoms with Crippen LogP contribution in [0, 0.1) is 0 Å². The maximum absolute atomic E-state index is 12.8. The van der Waals surface area contributed by atoms with E-state index in [-0.39, 0.29) is 11.9 Å². The van der Waals surface area contributed by atoms with Crippen molar-refractivity contribution in [2.24, 2.45) is 0 Å². The van der Waals surface area contributed by atoms with Crippen LogP contribution in [0.4, 0.5) is 0 Å². The van der Waals surface area contributed by atoms with Crippen LogP contribution in [-0.4, -0.2) is 32.1 Å². The van der Waals surface area contributed by atoms with Crippen LogP contribution < -0.4 is 0 Å². The van der Waals surface area contributed by atoms with Gasteiger partial charge in [0.05, 0.1) is 6.04 Å². The molecule has 0 spiro atoms. The van der Waals surface area contributed by atoms with Gasteiger partial charge in [-0.25, -0.2) is 0 Å². The number of nitrogens with zero attached hydrogens (tertiary/aromatic N) is 4. The van der Waals surface area contributed by atoms with Gasteiger partial charge in [0, 0.05) is 30.8 Å². The molecule has 2 aromatic heterocycles. The van der Waals surface area contributed by atoms with Gasteiger partial charge in [0.15, 0.2) is 5.82 Å². The van der Waals surface area contributed by atoms with E-state index in [4.69, 9.17) is 0 Å². The highest BCUT2D eigenvalue weighted by Gasteiger charge is 2.34. The number of aryl methyl sites for hydroxylation is 2. The average Bonchev–Trinajstić information content (AvgIpc) is 3.31. The predicted molar refractivity (Wildman–Crippen MR) is 93.9 cm³/mol. The van der Waals surface area contributed by atoms with Gasteiger partial charge in [0.1, 0.15) is 5.82 Å². The number of hydrogen-bond acceptors (Lipinski definition) is 4. The summed E-state index contributed by atoms with van der Waals surface area (Å²) in [5.74, 6) is 2.39. The third-order valence-electron chi connectivity index (χ3n) is 5.17. The van der Waals surface area contributed by atoms with E-state index in [1.165, 1.54) is 24.1 Å². The summed E-state index contributed by atoms with van der Waals surface area (Å²) in [6, 6.07) is 4.28. The highest BCUT2D eigenvalue weighted by atomic mass is 32.1. The predicted octanol–water partition coefficient (Wildman–Crippen LogP) is 3.36. The van der Waals surface area contributed by atoms with Crippen LogP contribution in [0.1, 0.15) is 61.1 Å². The SMILES string of the molecule is O=C(CCc1cccs1)N1CCCC1c1nnc2n1CCCCC2. The molecule has 0 saturated carbocycles. The summed E-state index contributed by atoms with van der Waals surface area (Å²) in [5.41, 5.74) is 0. The molecule has 0 radical (unpaired) electrons. The molecule has 2 aliphatic heterocycles. The molecule has 1 amide bonds. The maximum Gasteiger partial charge on any atom is 0.223 e. The van der Waals surface area contributed by atoms with E-state index in [0.29, 0.717) is 6.42 Å². The van der Waals surface area contributed by atoms with Gasteiger partial charge in [-0.1, -0.05) is 12.5 Å². The minimum atomic E-state index is 0.125. The highest BCUT2D eigenvalue weighted by molar-refractivity contribution is 7.09. The Labute approximate surface area is 146 Å². The summed E-state index contributed by atoms with van der Waals surface area (Å²) in [4.78, 5) is 16.1. The number of rotatable bonds is 4. The Morgan fingerprint density at radius 1 is 1.21 bits per heavy atom. The normalized spacial score (nSPS) is 20.8. The van der Waals surface area contributed by atoms with Crippen molar-refractivity contribution in [1.29, 1.82) is 0 Å². The van der Waals surface area contributed by atoms with E-state index < -0.39 is 0 Å². The first-order valence-electron chi connectivity index (χ1n) is 9.07. The van der Waals surface area contributed by atoms with Crippen LogP contribution in [0.15, 0.2) is 17.5 Å². The minimum absolute atomic E-state index is 0.125. The highest BCUT2D eigenvalue weighted by Crippen LogP contribution is 2.33. The van der Waals surface area contributed by atoms with E-state index in [0.717, 1.165) is 50.4 Å². The summed E-state index contributed by atoms with van der Waals surface area (Å²) in [6.07, 6.45) is 8.20. The minimum Gasteiger partial charge on any atom is -0.332 e. The molecule has 4 heterocycles. The van der Waals surface area contributed by atoms with Crippen LogP contribution in [0.25, 0.3) is 0 Å². The first-order chi connectivity index (χ1) is 11.8. The second-order valence-corrected chi connectivity index (χ2v) is 7.79. The van der Waals surface area contributed by atoms with E-state index in [2.05, 4.69) is 37.2 Å². The van der Waals surface area contributed by atoms with Crippen molar-refractivity contribution in [3.63, 3.8) is 0 Å². The molecule has 128 valence electrons. The molecule has 0 bridgehead atoms. The van der Waals surface area contributed by atoms with Crippen LogP contribution in [0.3, 0.4) is 0 Å². The summed E-state index contributed by atoms with van der Waals surface area (Å²) in [6.45, 7) is 1.86. The smallest absolute Gasteiger partial charge is 0.223 e. The molecule has 2 aliphatic rings. The van der Waals surface area contributed by atoms with Crippen molar-refractivity contribution in [3.8, 4) is 0 Å². The van der Waals surface area contributed by atoms with Gasteiger partial charge in [-0.3, -0.25) is 4.79 Å². The Balaban J connectivity index is 1.48. The summed E-state index contributed by atoms with van der Waals surface area (Å²) in [7, 11) is 0. The molecule has 0 N–H and O–H groups in total. The Morgan fingerprint density at radius 3 is 3.04 bits per heavy atom. The lowest BCUT2D eigenvalue weighted by Crippen LogP contribution is -2.32. The van der Waals surface area contributed by atoms with Crippen LogP contribution in [-0.2, 0) is 24.2 Å². The van der Waals surface area contributed by atoms with Gasteiger partial charge >= 0.3 is 0 Å². The third kappa shape index (κ3) is 3.11. The molecule has 24 heavy (non-hydrogen) atoms. The first-order valence-corrected chi connectivity index (χ1v) is 9.95. The monoisotopic (exact) mass is 344 g/mol. The number of carbonyl (C=O) groups excluding carboxylic acids is 1. The molecule has 5 nitrogen and oxygen atoms in total. The lowest BCUT2D eigenvalue weighted by atomic mass is 10.2. The number of fused-ring (bicyclic) bond motifs is 1. The molecule has 0 aliphatic carbocycles. The number of thiophene rings is 1. The number of carbonyl (C=O) groups is 1. The fourth-order valence-electron chi connectivity index (χ4n) is 3.92. The zero-order valence-corrected chi connectivity index (χ0v) is 14.8. The Bertz CT molecular complexity index is 694. The number of hydrogen-bond donors (Lipinski definition) is 0. The molecule has 1 saturated heterocycles. The third-order valence-corrected chi connectivity index (χ3v) is 6.11. The number of amides is 1. The summed E-state index contributed by atoms with van der Waals surface area (Å²) >= 11 is 1.73. The van der Waals surface area contributed by atoms with Crippen molar-refractivity contribution in [2.75, 3.05) is 6.54 Å². The average molecular weight is 344 g/mol. The van der Waals surface area contributed by atoms with Gasteiger partial charge in [-0.05, 0) is 43.6 Å². The van der Waals surface area contributed by atoms with Gasteiger partial charge in [0.25, 0.3) is 0 Å². The zero-order valence-electron chi connectivity index (χ0n) is 14.0. The van der Waals surface area contributed by atoms with Gasteiger partial charge in [0.2, 0.25) is 5.91 Å². The van der Waals surface area contributed by atoms with Crippen molar-refractivity contribution in [2.45, 2.75) is 64.0 Å². The van der Waals surface area contributed by atoms with Crippen LogP contribution in [0.5, 0.6) is 0 Å². The van der Waals surface area contributed by atoms with Gasteiger partial charge < -0.3 is 9.47 Å². The largest absolute Gasteiger partial charge is 0.332 e. The lowest BCUT2D eigenvalue weighted by molar-refractivity contribution is -0.132. The molecule has 1 atom stereocenters.